The third kappa shape index (κ3) is 5.59. The lowest BCUT2D eigenvalue weighted by Crippen LogP contribution is -2.08. The van der Waals surface area contributed by atoms with Crippen molar-refractivity contribution in [2.45, 2.75) is 13.0 Å². The Kier molecular flexibility index (Phi) is 7.15. The van der Waals surface area contributed by atoms with E-state index in [0.717, 1.165) is 5.56 Å². The van der Waals surface area contributed by atoms with Gasteiger partial charge >= 0.3 is 0 Å². The normalized spacial score (nSPS) is 10.7. The minimum Gasteiger partial charge on any atom is -0.377 e. The predicted octanol–water partition coefficient (Wildman–Crippen LogP) is 4.39. The zero-order valence-corrected chi connectivity index (χ0v) is 13.8. The monoisotopic (exact) mass is 361 g/mol. The van der Waals surface area contributed by atoms with Gasteiger partial charge in [0.2, 0.25) is 5.28 Å². The summed E-state index contributed by atoms with van der Waals surface area (Å²) in [4.78, 5) is 12.8. The van der Waals surface area contributed by atoms with E-state index >= 15 is 0 Å². The van der Waals surface area contributed by atoms with Crippen LogP contribution in [0, 0.1) is 0 Å². The minimum atomic E-state index is -0.00769. The van der Waals surface area contributed by atoms with Gasteiger partial charge in [-0.25, -0.2) is 10.5 Å². The molecule has 0 saturated carbocycles. The van der Waals surface area contributed by atoms with E-state index in [1.165, 1.54) is 0 Å². The molecule has 0 aliphatic carbocycles. The number of hydrogen-bond acceptors (Lipinski definition) is 5. The molecule has 1 heterocycles. The van der Waals surface area contributed by atoms with Gasteiger partial charge in [0, 0.05) is 6.61 Å². The van der Waals surface area contributed by atoms with Gasteiger partial charge in [0.25, 0.3) is 0 Å². The Bertz CT molecular complexity index is 599. The minimum absolute atomic E-state index is 0.00769. The van der Waals surface area contributed by atoms with E-state index in [4.69, 9.17) is 44.4 Å². The van der Waals surface area contributed by atoms with E-state index in [-0.39, 0.29) is 21.3 Å². The Morgan fingerprint density at radius 1 is 1.00 bits per heavy atom. The Balaban J connectivity index is 1.62. The van der Waals surface area contributed by atoms with Crippen molar-refractivity contribution < 1.29 is 9.57 Å². The predicted molar refractivity (Wildman–Crippen MR) is 87.4 cm³/mol. The van der Waals surface area contributed by atoms with Crippen LogP contribution in [0.3, 0.4) is 0 Å². The molecule has 0 aliphatic heterocycles. The van der Waals surface area contributed by atoms with Crippen LogP contribution in [0.15, 0.2) is 30.3 Å². The summed E-state index contributed by atoms with van der Waals surface area (Å²) in [7, 11) is 0. The highest BCUT2D eigenvalue weighted by molar-refractivity contribution is 6.43. The van der Waals surface area contributed by atoms with Gasteiger partial charge in [-0.1, -0.05) is 53.5 Å². The topological polar surface area (TPSA) is 56.3 Å². The molecule has 5 nitrogen and oxygen atoms in total. The highest BCUT2D eigenvalue weighted by Crippen LogP contribution is 2.27. The third-order valence-electron chi connectivity index (χ3n) is 2.60. The molecule has 0 saturated heterocycles. The van der Waals surface area contributed by atoms with Crippen LogP contribution in [0.5, 0.6) is 0 Å². The molecule has 8 heteroatoms. The van der Waals surface area contributed by atoms with E-state index in [1.54, 1.807) is 0 Å². The second kappa shape index (κ2) is 9.12. The number of aromatic nitrogens is 2. The summed E-state index contributed by atoms with van der Waals surface area (Å²) < 4.78 is 5.53. The summed E-state index contributed by atoms with van der Waals surface area (Å²) in [6.07, 6.45) is 0.712. The van der Waals surface area contributed by atoms with Crippen LogP contribution in [0.25, 0.3) is 0 Å². The maximum Gasteiger partial charge on any atom is 0.225 e. The van der Waals surface area contributed by atoms with Crippen LogP contribution in [0.4, 0.5) is 5.82 Å². The lowest BCUT2D eigenvalue weighted by atomic mass is 10.2. The van der Waals surface area contributed by atoms with E-state index in [1.807, 2.05) is 30.3 Å². The number of benzene rings is 1. The van der Waals surface area contributed by atoms with E-state index in [9.17, 15) is 0 Å². The first-order valence-electron chi connectivity index (χ1n) is 6.55. The van der Waals surface area contributed by atoms with Crippen molar-refractivity contribution in [1.29, 1.82) is 0 Å². The molecule has 1 aromatic carbocycles. The number of anilines is 1. The molecule has 0 atom stereocenters. The third-order valence-corrected chi connectivity index (χ3v) is 3.50. The lowest BCUT2D eigenvalue weighted by molar-refractivity contribution is 0.0919. The van der Waals surface area contributed by atoms with E-state index < -0.39 is 0 Å². The summed E-state index contributed by atoms with van der Waals surface area (Å²) >= 11 is 17.4. The van der Waals surface area contributed by atoms with Crippen LogP contribution < -0.4 is 5.48 Å². The number of nitrogens with one attached hydrogen (secondary N) is 1. The van der Waals surface area contributed by atoms with Crippen molar-refractivity contribution in [3.05, 3.63) is 51.4 Å². The van der Waals surface area contributed by atoms with Crippen molar-refractivity contribution in [3.63, 3.8) is 0 Å². The van der Waals surface area contributed by atoms with Crippen molar-refractivity contribution in [3.8, 4) is 0 Å². The number of halogens is 3. The van der Waals surface area contributed by atoms with Crippen LogP contribution >= 0.6 is 34.8 Å². The van der Waals surface area contributed by atoms with Crippen LogP contribution in [0.2, 0.25) is 15.5 Å². The number of ether oxygens (including phenoxy) is 1. The number of nitrogens with zero attached hydrogens (tertiary/aromatic N) is 2. The van der Waals surface area contributed by atoms with Crippen molar-refractivity contribution in [1.82, 2.24) is 9.97 Å². The first kappa shape index (κ1) is 17.2. The van der Waals surface area contributed by atoms with E-state index in [0.29, 0.717) is 26.2 Å². The van der Waals surface area contributed by atoms with Crippen LogP contribution in [-0.4, -0.2) is 23.2 Å². The molecule has 0 aliphatic rings. The lowest BCUT2D eigenvalue weighted by Gasteiger charge is -2.09. The standard InChI is InChI=1S/C14H14Cl3N3O2/c15-11-12(16)18-14(17)19-13(11)20-22-8-4-7-21-9-10-5-2-1-3-6-10/h1-3,5-6H,4,7-9H2,(H,18,19,20). The zero-order valence-electron chi connectivity index (χ0n) is 11.6. The fourth-order valence-corrected chi connectivity index (χ4v) is 2.08. The van der Waals surface area contributed by atoms with Gasteiger partial charge in [0.1, 0.15) is 5.02 Å². The molecule has 1 aromatic heterocycles. The van der Waals surface area contributed by atoms with Gasteiger partial charge < -0.3 is 4.74 Å². The first-order chi connectivity index (χ1) is 10.7. The molecule has 0 spiro atoms. The van der Waals surface area contributed by atoms with Gasteiger partial charge in [-0.2, -0.15) is 4.98 Å². The average molecular weight is 363 g/mol. The molecule has 2 rings (SSSR count). The molecule has 1 N–H and O–H groups in total. The van der Waals surface area contributed by atoms with Crippen LogP contribution in [0.1, 0.15) is 12.0 Å². The Morgan fingerprint density at radius 2 is 1.77 bits per heavy atom. The summed E-state index contributed by atoms with van der Waals surface area (Å²) in [5.74, 6) is 0.233. The summed E-state index contributed by atoms with van der Waals surface area (Å²) in [5.41, 5.74) is 3.73. The molecule has 0 amide bonds. The fraction of sp³-hybridized carbons (Fsp3) is 0.286. The SMILES string of the molecule is Clc1nc(Cl)c(Cl)c(NOCCCOCc2ccccc2)n1. The molecule has 2 aromatic rings. The Labute approximate surface area is 143 Å². The summed E-state index contributed by atoms with van der Waals surface area (Å²) in [6.45, 7) is 1.58. The molecule has 0 radical (unpaired) electrons. The zero-order chi connectivity index (χ0) is 15.8. The molecule has 0 unspecified atom stereocenters. The molecular weight excluding hydrogens is 349 g/mol. The van der Waals surface area contributed by atoms with Gasteiger partial charge in [0.05, 0.1) is 13.2 Å². The Hall–Kier alpha value is -1.11. The average Bonchev–Trinajstić information content (AvgIpc) is 2.52. The second-order valence-corrected chi connectivity index (χ2v) is 5.36. The summed E-state index contributed by atoms with van der Waals surface area (Å²) in [6, 6.07) is 9.96. The summed E-state index contributed by atoms with van der Waals surface area (Å²) in [5, 5.41) is 0.219. The van der Waals surface area contributed by atoms with Gasteiger partial charge in [-0.05, 0) is 23.6 Å². The van der Waals surface area contributed by atoms with Crippen molar-refractivity contribution in [2.24, 2.45) is 0 Å². The van der Waals surface area contributed by atoms with Crippen molar-refractivity contribution in [2.75, 3.05) is 18.7 Å². The van der Waals surface area contributed by atoms with Gasteiger partial charge in [-0.15, -0.1) is 0 Å². The molecule has 22 heavy (non-hydrogen) atoms. The maximum absolute atomic E-state index is 5.91. The number of rotatable bonds is 8. The molecule has 118 valence electrons. The second-order valence-electron chi connectivity index (χ2n) is 4.29. The quantitative estimate of drug-likeness (QED) is 0.327. The molecule has 0 bridgehead atoms. The van der Waals surface area contributed by atoms with E-state index in [2.05, 4.69) is 15.4 Å². The fourth-order valence-electron chi connectivity index (χ4n) is 1.58. The smallest absolute Gasteiger partial charge is 0.225 e. The number of hydrogen-bond donors (Lipinski definition) is 1. The van der Waals surface area contributed by atoms with Crippen LogP contribution in [-0.2, 0) is 16.2 Å². The largest absolute Gasteiger partial charge is 0.377 e. The maximum atomic E-state index is 5.91. The van der Waals surface area contributed by atoms with Crippen molar-refractivity contribution >= 4 is 40.6 Å². The van der Waals surface area contributed by atoms with Gasteiger partial charge in [0.15, 0.2) is 11.0 Å². The highest BCUT2D eigenvalue weighted by Gasteiger charge is 2.10. The highest BCUT2D eigenvalue weighted by atomic mass is 35.5. The van der Waals surface area contributed by atoms with Gasteiger partial charge in [-0.3, -0.25) is 4.84 Å². The Morgan fingerprint density at radius 3 is 2.55 bits per heavy atom. The molecule has 0 fully saturated rings. The molecular formula is C14H14Cl3N3O2. The first-order valence-corrected chi connectivity index (χ1v) is 7.68.